The molecule has 0 aliphatic heterocycles. The number of aromatic hydroxyl groups is 1. The van der Waals surface area contributed by atoms with Crippen molar-refractivity contribution in [2.24, 2.45) is 0 Å². The van der Waals surface area contributed by atoms with Crippen molar-refractivity contribution in [3.8, 4) is 23.1 Å². The predicted octanol–water partition coefficient (Wildman–Crippen LogP) is 7.32. The molecule has 214 valence electrons. The van der Waals surface area contributed by atoms with Gasteiger partial charge in [-0.15, -0.1) is 0 Å². The minimum absolute atomic E-state index is 0.111. The van der Waals surface area contributed by atoms with E-state index in [1.807, 2.05) is 0 Å². The van der Waals surface area contributed by atoms with E-state index in [2.05, 4.69) is 30.7 Å². The van der Waals surface area contributed by atoms with Gasteiger partial charge in [0.1, 0.15) is 29.4 Å². The fourth-order valence-corrected chi connectivity index (χ4v) is 3.29. The monoisotopic (exact) mass is 579 g/mol. The first-order chi connectivity index (χ1) is 19.3. The van der Waals surface area contributed by atoms with Crippen molar-refractivity contribution < 1.29 is 45.7 Å². The largest absolute Gasteiger partial charge is 0.508 e. The molecule has 0 atom stereocenters. The molecule has 0 aliphatic rings. The molecule has 41 heavy (non-hydrogen) atoms. The molecule has 0 bridgehead atoms. The Kier molecular flexibility index (Phi) is 8.35. The first-order valence-corrected chi connectivity index (χ1v) is 11.5. The van der Waals surface area contributed by atoms with Crippen molar-refractivity contribution in [2.45, 2.75) is 12.4 Å². The van der Waals surface area contributed by atoms with Gasteiger partial charge in [0, 0.05) is 23.1 Å². The van der Waals surface area contributed by atoms with Gasteiger partial charge in [-0.1, -0.05) is 0 Å². The van der Waals surface area contributed by atoms with E-state index in [1.54, 1.807) is 12.1 Å². The number of phenols is 1. The summed E-state index contributed by atoms with van der Waals surface area (Å²) in [6, 6.07) is 15.0. The topological polar surface area (TPSA) is 118 Å². The van der Waals surface area contributed by atoms with Crippen LogP contribution in [0.15, 0.2) is 79.1 Å². The average molecular weight is 579 g/mol. The maximum Gasteiger partial charge on any atom is 0.422 e. The van der Waals surface area contributed by atoms with Crippen molar-refractivity contribution in [1.29, 1.82) is 0 Å². The number of rotatable bonds is 8. The van der Waals surface area contributed by atoms with E-state index in [0.717, 1.165) is 6.07 Å². The Morgan fingerprint density at radius 1 is 0.805 bits per heavy atom. The zero-order chi connectivity index (χ0) is 29.6. The molecular weight excluding hydrogens is 560 g/mol. The van der Waals surface area contributed by atoms with Gasteiger partial charge in [-0.2, -0.15) is 26.3 Å². The lowest BCUT2D eigenvalue weighted by molar-refractivity contribution is -0.158. The lowest BCUT2D eigenvalue weighted by Crippen LogP contribution is -2.22. The van der Waals surface area contributed by atoms with E-state index < -0.39 is 36.3 Å². The standard InChI is InChI=1S/C26H19F6N5O4/c27-25(28,29)13-40-21-10-5-17(11-20(21)26(30,31)32)37-24(39)36-16-3-8-19(9-4-16)41-23-12-22(33-14-34-23)35-15-1-6-18(38)7-2-15/h1-12,14,38H,13H2,(H,33,34,35)(H2,36,37,39). The summed E-state index contributed by atoms with van der Waals surface area (Å²) in [4.78, 5) is 20.4. The third-order valence-corrected chi connectivity index (χ3v) is 5.05. The van der Waals surface area contributed by atoms with Crippen LogP contribution in [0.2, 0.25) is 0 Å². The van der Waals surface area contributed by atoms with Crippen LogP contribution in [0.4, 0.5) is 54.0 Å². The third kappa shape index (κ3) is 8.64. The van der Waals surface area contributed by atoms with Crippen molar-refractivity contribution in [3.63, 3.8) is 0 Å². The number of urea groups is 1. The molecule has 9 nitrogen and oxygen atoms in total. The lowest BCUT2D eigenvalue weighted by atomic mass is 10.1. The normalized spacial score (nSPS) is 11.5. The maximum atomic E-state index is 13.3. The summed E-state index contributed by atoms with van der Waals surface area (Å²) in [5.41, 5.74) is -0.878. The Morgan fingerprint density at radius 2 is 1.44 bits per heavy atom. The van der Waals surface area contributed by atoms with Crippen LogP contribution in [-0.4, -0.2) is 33.9 Å². The van der Waals surface area contributed by atoms with E-state index in [0.29, 0.717) is 29.4 Å². The summed E-state index contributed by atoms with van der Waals surface area (Å²) in [6.07, 6.45) is -8.58. The molecule has 2 amide bonds. The minimum Gasteiger partial charge on any atom is -0.508 e. The Hall–Kier alpha value is -5.21. The molecule has 0 saturated heterocycles. The number of anilines is 4. The molecule has 4 aromatic rings. The van der Waals surface area contributed by atoms with Gasteiger partial charge in [0.05, 0.1) is 5.56 Å². The number of nitrogens with zero attached hydrogens (tertiary/aromatic N) is 2. The predicted molar refractivity (Wildman–Crippen MR) is 136 cm³/mol. The van der Waals surface area contributed by atoms with Crippen molar-refractivity contribution in [3.05, 3.63) is 84.7 Å². The van der Waals surface area contributed by atoms with E-state index in [4.69, 9.17) is 4.74 Å². The third-order valence-electron chi connectivity index (χ3n) is 5.05. The Bertz CT molecular complexity index is 1500. The number of carbonyl (C=O) groups is 1. The first-order valence-electron chi connectivity index (χ1n) is 11.5. The summed E-state index contributed by atoms with van der Waals surface area (Å²) in [5, 5.41) is 17.0. The van der Waals surface area contributed by atoms with Crippen LogP contribution >= 0.6 is 0 Å². The van der Waals surface area contributed by atoms with Crippen LogP contribution in [0.3, 0.4) is 0 Å². The minimum atomic E-state index is -5.03. The van der Waals surface area contributed by atoms with Crippen LogP contribution in [0, 0.1) is 0 Å². The molecule has 4 rings (SSSR count). The molecule has 1 heterocycles. The smallest absolute Gasteiger partial charge is 0.422 e. The van der Waals surface area contributed by atoms with E-state index in [-0.39, 0.29) is 23.0 Å². The highest BCUT2D eigenvalue weighted by molar-refractivity contribution is 5.99. The average Bonchev–Trinajstić information content (AvgIpc) is 2.89. The molecule has 0 unspecified atom stereocenters. The van der Waals surface area contributed by atoms with Gasteiger partial charge in [-0.3, -0.25) is 0 Å². The SMILES string of the molecule is O=C(Nc1ccc(Oc2cc(Nc3ccc(O)cc3)ncn2)cc1)Nc1ccc(OCC(F)(F)F)c(C(F)(F)F)c1. The fourth-order valence-electron chi connectivity index (χ4n) is 3.29. The van der Waals surface area contributed by atoms with E-state index >= 15 is 0 Å². The Balaban J connectivity index is 1.36. The number of nitrogens with one attached hydrogen (secondary N) is 3. The molecular formula is C26H19F6N5O4. The van der Waals surface area contributed by atoms with Gasteiger partial charge in [0.25, 0.3) is 0 Å². The summed E-state index contributed by atoms with van der Waals surface area (Å²) in [7, 11) is 0. The number of carbonyl (C=O) groups excluding carboxylic acids is 1. The number of halogens is 6. The number of alkyl halides is 6. The van der Waals surface area contributed by atoms with Crippen LogP contribution in [0.5, 0.6) is 23.1 Å². The van der Waals surface area contributed by atoms with Crippen molar-refractivity contribution in [1.82, 2.24) is 9.97 Å². The van der Waals surface area contributed by atoms with Crippen molar-refractivity contribution in [2.75, 3.05) is 22.6 Å². The highest BCUT2D eigenvalue weighted by Gasteiger charge is 2.36. The second-order valence-electron chi connectivity index (χ2n) is 8.23. The van der Waals surface area contributed by atoms with Gasteiger partial charge in [0.2, 0.25) is 5.88 Å². The van der Waals surface area contributed by atoms with Gasteiger partial charge in [-0.25, -0.2) is 14.8 Å². The van der Waals surface area contributed by atoms with Crippen molar-refractivity contribution >= 4 is 28.9 Å². The molecule has 0 radical (unpaired) electrons. The first kappa shape index (κ1) is 28.8. The molecule has 0 spiro atoms. The molecule has 1 aromatic heterocycles. The highest BCUT2D eigenvalue weighted by atomic mass is 19.4. The molecule has 0 fully saturated rings. The molecule has 4 N–H and O–H groups in total. The van der Waals surface area contributed by atoms with Crippen LogP contribution in [-0.2, 0) is 6.18 Å². The highest BCUT2D eigenvalue weighted by Crippen LogP contribution is 2.38. The van der Waals surface area contributed by atoms with Gasteiger partial charge in [-0.05, 0) is 66.7 Å². The molecule has 3 aromatic carbocycles. The van der Waals surface area contributed by atoms with Gasteiger partial charge in [0.15, 0.2) is 6.61 Å². The summed E-state index contributed by atoms with van der Waals surface area (Å²) >= 11 is 0. The second-order valence-corrected chi connectivity index (χ2v) is 8.23. The summed E-state index contributed by atoms with van der Waals surface area (Å²) < 4.78 is 87.1. The van der Waals surface area contributed by atoms with Gasteiger partial charge < -0.3 is 30.5 Å². The number of hydrogen-bond acceptors (Lipinski definition) is 7. The molecule has 0 saturated carbocycles. The van der Waals surface area contributed by atoms with E-state index in [1.165, 1.54) is 48.8 Å². The number of hydrogen-bond donors (Lipinski definition) is 4. The van der Waals surface area contributed by atoms with Gasteiger partial charge >= 0.3 is 18.4 Å². The zero-order valence-corrected chi connectivity index (χ0v) is 20.5. The van der Waals surface area contributed by atoms with E-state index in [9.17, 15) is 36.2 Å². The summed E-state index contributed by atoms with van der Waals surface area (Å²) in [5.74, 6) is 0.0466. The maximum absolute atomic E-state index is 13.3. The Morgan fingerprint density at radius 3 is 2.10 bits per heavy atom. The van der Waals surface area contributed by atoms with Crippen LogP contribution in [0.25, 0.3) is 0 Å². The lowest BCUT2D eigenvalue weighted by Gasteiger charge is -2.17. The van der Waals surface area contributed by atoms with Crippen LogP contribution in [0.1, 0.15) is 5.56 Å². The Labute approximate surface area is 227 Å². The fraction of sp³-hybridized carbons (Fsp3) is 0.115. The van der Waals surface area contributed by atoms with Crippen LogP contribution < -0.4 is 25.4 Å². The zero-order valence-electron chi connectivity index (χ0n) is 20.5. The molecule has 0 aliphatic carbocycles. The number of ether oxygens (including phenoxy) is 2. The molecule has 15 heteroatoms. The quantitative estimate of drug-likeness (QED) is 0.128. The number of amides is 2. The number of benzene rings is 3. The summed E-state index contributed by atoms with van der Waals surface area (Å²) in [6.45, 7) is -1.90. The number of aromatic nitrogens is 2. The number of phenolic OH excluding ortho intramolecular Hbond substituents is 1. The second kappa shape index (κ2) is 11.9.